The monoisotopic (exact) mass is 317 g/mol. The van der Waals surface area contributed by atoms with Gasteiger partial charge in [-0.25, -0.2) is 0 Å². The zero-order valence-electron chi connectivity index (χ0n) is 13.6. The van der Waals surface area contributed by atoms with Crippen LogP contribution in [0.25, 0.3) is 10.9 Å². The summed E-state index contributed by atoms with van der Waals surface area (Å²) < 4.78 is 0. The van der Waals surface area contributed by atoms with E-state index in [0.29, 0.717) is 11.5 Å². The average molecular weight is 317 g/mol. The number of fused-ring (bicyclic) bond motifs is 1. The number of anilines is 1. The number of nitrogens with zero attached hydrogens (tertiary/aromatic N) is 2. The van der Waals surface area contributed by atoms with E-state index >= 15 is 0 Å². The van der Waals surface area contributed by atoms with Crippen molar-refractivity contribution in [2.75, 3.05) is 12.1 Å². The van der Waals surface area contributed by atoms with E-state index in [1.54, 1.807) is 5.01 Å². The molecule has 0 radical (unpaired) electrons. The van der Waals surface area contributed by atoms with Crippen molar-refractivity contribution in [2.24, 2.45) is 0 Å². The zero-order valence-corrected chi connectivity index (χ0v) is 13.6. The van der Waals surface area contributed by atoms with Gasteiger partial charge in [0.15, 0.2) is 0 Å². The highest BCUT2D eigenvalue weighted by atomic mass is 16.2. The minimum Gasteiger partial charge on any atom is -0.288 e. The quantitative estimate of drug-likeness (QED) is 0.742. The van der Waals surface area contributed by atoms with Crippen LogP contribution in [0, 0.1) is 0 Å². The number of para-hydroxylation sites is 2. The third kappa shape index (κ3) is 2.83. The summed E-state index contributed by atoms with van der Waals surface area (Å²) in [7, 11) is 1.85. The van der Waals surface area contributed by atoms with Crippen molar-refractivity contribution in [3.63, 3.8) is 0 Å². The maximum Gasteiger partial charge on any atom is 0.270 e. The van der Waals surface area contributed by atoms with E-state index in [2.05, 4.69) is 5.43 Å². The molecule has 0 spiro atoms. The molecule has 1 aromatic heterocycles. The van der Waals surface area contributed by atoms with Crippen molar-refractivity contribution < 1.29 is 4.79 Å². The van der Waals surface area contributed by atoms with Gasteiger partial charge in [-0.05, 0) is 37.1 Å². The van der Waals surface area contributed by atoms with Crippen molar-refractivity contribution in [3.05, 3.63) is 71.9 Å². The van der Waals surface area contributed by atoms with E-state index < -0.39 is 0 Å². The van der Waals surface area contributed by atoms with E-state index in [0.717, 1.165) is 35.1 Å². The van der Waals surface area contributed by atoms with Gasteiger partial charge < -0.3 is 0 Å². The predicted octanol–water partition coefficient (Wildman–Crippen LogP) is 3.89. The molecule has 0 atom stereocenters. The normalized spacial score (nSPS) is 13.7. The molecule has 1 aliphatic carbocycles. The molecule has 1 saturated carbocycles. The molecule has 0 aliphatic heterocycles. The first-order valence-corrected chi connectivity index (χ1v) is 8.22. The van der Waals surface area contributed by atoms with Crippen LogP contribution in [0.4, 0.5) is 5.69 Å². The molecule has 1 N–H and O–H groups in total. The summed E-state index contributed by atoms with van der Waals surface area (Å²) in [6.07, 6.45) is 2.33. The Balaban J connectivity index is 1.68. The molecular formula is C20H19N3O. The number of aromatic nitrogens is 1. The summed E-state index contributed by atoms with van der Waals surface area (Å²) in [5.41, 5.74) is 6.49. The molecule has 0 bridgehead atoms. The molecule has 4 heteroatoms. The predicted molar refractivity (Wildman–Crippen MR) is 96.0 cm³/mol. The minimum atomic E-state index is -0.109. The maximum absolute atomic E-state index is 12.9. The van der Waals surface area contributed by atoms with Gasteiger partial charge in [0.05, 0.1) is 16.8 Å². The van der Waals surface area contributed by atoms with E-state index in [9.17, 15) is 4.79 Å². The highest BCUT2D eigenvalue weighted by Gasteiger charge is 2.27. The Bertz CT molecular complexity index is 888. The summed E-state index contributed by atoms with van der Waals surface area (Å²) in [5.74, 6) is 0.398. The van der Waals surface area contributed by atoms with Crippen LogP contribution in [-0.4, -0.2) is 17.9 Å². The number of amides is 1. The summed E-state index contributed by atoms with van der Waals surface area (Å²) in [6, 6.07) is 19.6. The number of pyridine rings is 1. The van der Waals surface area contributed by atoms with Crippen LogP contribution in [0.15, 0.2) is 60.7 Å². The molecule has 2 aromatic carbocycles. The topological polar surface area (TPSA) is 45.2 Å². The molecule has 120 valence electrons. The highest BCUT2D eigenvalue weighted by Crippen LogP contribution is 2.40. The number of hydrogen-bond acceptors (Lipinski definition) is 3. The lowest BCUT2D eigenvalue weighted by molar-refractivity contribution is 0.0953. The molecule has 4 rings (SSSR count). The summed E-state index contributed by atoms with van der Waals surface area (Å²) >= 11 is 0. The fourth-order valence-corrected chi connectivity index (χ4v) is 2.90. The van der Waals surface area contributed by atoms with Gasteiger partial charge in [-0.2, -0.15) is 0 Å². The number of benzene rings is 2. The van der Waals surface area contributed by atoms with Crippen molar-refractivity contribution in [1.29, 1.82) is 0 Å². The molecule has 0 unspecified atom stereocenters. The lowest BCUT2D eigenvalue weighted by atomic mass is 10.1. The Morgan fingerprint density at radius 1 is 1.08 bits per heavy atom. The number of carbonyl (C=O) groups is 1. The summed E-state index contributed by atoms with van der Waals surface area (Å²) in [5, 5.41) is 2.63. The van der Waals surface area contributed by atoms with Gasteiger partial charge in [0.25, 0.3) is 5.91 Å². The van der Waals surface area contributed by atoms with Gasteiger partial charge >= 0.3 is 0 Å². The van der Waals surface area contributed by atoms with Crippen LogP contribution in [0.5, 0.6) is 0 Å². The number of rotatable bonds is 4. The third-order valence-corrected chi connectivity index (χ3v) is 4.39. The van der Waals surface area contributed by atoms with Gasteiger partial charge in [-0.3, -0.25) is 20.2 Å². The van der Waals surface area contributed by atoms with Gasteiger partial charge in [-0.1, -0.05) is 36.4 Å². The Morgan fingerprint density at radius 3 is 2.54 bits per heavy atom. The lowest BCUT2D eigenvalue weighted by Gasteiger charge is -2.21. The molecule has 1 heterocycles. The van der Waals surface area contributed by atoms with Gasteiger partial charge in [-0.15, -0.1) is 0 Å². The highest BCUT2D eigenvalue weighted by molar-refractivity contribution is 6.06. The van der Waals surface area contributed by atoms with Crippen LogP contribution >= 0.6 is 0 Å². The summed E-state index contributed by atoms with van der Waals surface area (Å²) in [4.78, 5) is 17.6. The minimum absolute atomic E-state index is 0.109. The van der Waals surface area contributed by atoms with E-state index in [-0.39, 0.29) is 5.91 Å². The smallest absolute Gasteiger partial charge is 0.270 e. The average Bonchev–Trinajstić information content (AvgIpc) is 3.46. The second-order valence-electron chi connectivity index (χ2n) is 6.22. The van der Waals surface area contributed by atoms with Gasteiger partial charge in [0.1, 0.15) is 0 Å². The Morgan fingerprint density at radius 2 is 1.79 bits per heavy atom. The molecule has 1 fully saturated rings. The van der Waals surface area contributed by atoms with Crippen LogP contribution in [0.2, 0.25) is 0 Å². The number of hydrazine groups is 1. The largest absolute Gasteiger partial charge is 0.288 e. The number of carbonyl (C=O) groups excluding carboxylic acids is 1. The number of hydrogen-bond donors (Lipinski definition) is 1. The Kier molecular flexibility index (Phi) is 3.65. The second-order valence-corrected chi connectivity index (χ2v) is 6.22. The van der Waals surface area contributed by atoms with Crippen molar-refractivity contribution in [2.45, 2.75) is 18.8 Å². The first kappa shape index (κ1) is 14.7. The van der Waals surface area contributed by atoms with E-state index in [4.69, 9.17) is 4.98 Å². The first-order chi connectivity index (χ1) is 11.7. The standard InChI is InChI=1S/C20H19N3O/c1-23(15-7-3-2-4-8-15)22-20(24)17-13-19(14-11-12-14)21-18-10-6-5-9-16(17)18/h2-10,13-14H,11-12H2,1H3,(H,22,24). The van der Waals surface area contributed by atoms with Crippen LogP contribution < -0.4 is 10.4 Å². The molecule has 4 nitrogen and oxygen atoms in total. The summed E-state index contributed by atoms with van der Waals surface area (Å²) in [6.45, 7) is 0. The van der Waals surface area contributed by atoms with E-state index in [1.807, 2.05) is 67.7 Å². The van der Waals surface area contributed by atoms with Gasteiger partial charge in [0.2, 0.25) is 0 Å². The van der Waals surface area contributed by atoms with Crippen LogP contribution in [-0.2, 0) is 0 Å². The fourth-order valence-electron chi connectivity index (χ4n) is 2.90. The molecule has 1 aliphatic rings. The number of nitrogens with one attached hydrogen (secondary N) is 1. The van der Waals surface area contributed by atoms with Crippen LogP contribution in [0.3, 0.4) is 0 Å². The Labute approximate surface area is 141 Å². The third-order valence-electron chi connectivity index (χ3n) is 4.39. The molecule has 1 amide bonds. The zero-order chi connectivity index (χ0) is 16.5. The maximum atomic E-state index is 12.9. The van der Waals surface area contributed by atoms with Gasteiger partial charge in [0, 0.05) is 24.0 Å². The first-order valence-electron chi connectivity index (χ1n) is 8.22. The second kappa shape index (κ2) is 5.96. The van der Waals surface area contributed by atoms with Crippen molar-refractivity contribution in [3.8, 4) is 0 Å². The Hall–Kier alpha value is -2.88. The van der Waals surface area contributed by atoms with Crippen molar-refractivity contribution >= 4 is 22.5 Å². The molecular weight excluding hydrogens is 298 g/mol. The molecule has 0 saturated heterocycles. The SMILES string of the molecule is CN(NC(=O)c1cc(C2CC2)nc2ccccc12)c1ccccc1. The molecule has 24 heavy (non-hydrogen) atoms. The van der Waals surface area contributed by atoms with Crippen molar-refractivity contribution in [1.82, 2.24) is 10.4 Å². The van der Waals surface area contributed by atoms with Crippen LogP contribution in [0.1, 0.15) is 34.8 Å². The lowest BCUT2D eigenvalue weighted by Crippen LogP contribution is -2.39. The fraction of sp³-hybridized carbons (Fsp3) is 0.200. The molecule has 3 aromatic rings. The van der Waals surface area contributed by atoms with E-state index in [1.165, 1.54) is 0 Å².